The molecular formula is C20H25N5O2. The lowest BCUT2D eigenvalue weighted by Crippen LogP contribution is -2.41. The molecule has 0 radical (unpaired) electrons. The second kappa shape index (κ2) is 7.52. The lowest BCUT2D eigenvalue weighted by Gasteiger charge is -2.27. The topological polar surface area (TPSA) is 102 Å². The minimum atomic E-state index is -0.434. The summed E-state index contributed by atoms with van der Waals surface area (Å²) in [7, 11) is 0. The van der Waals surface area contributed by atoms with Crippen molar-refractivity contribution in [2.45, 2.75) is 44.3 Å². The number of aryl methyl sites for hydroxylation is 1. The fourth-order valence-corrected chi connectivity index (χ4v) is 3.68. The van der Waals surface area contributed by atoms with Crippen LogP contribution < -0.4 is 16.4 Å². The van der Waals surface area contributed by atoms with Crippen LogP contribution in [0.5, 0.6) is 0 Å². The maximum Gasteiger partial charge on any atom is 0.252 e. The third kappa shape index (κ3) is 4.03. The van der Waals surface area contributed by atoms with Crippen LogP contribution in [0.2, 0.25) is 0 Å². The molecule has 1 aliphatic carbocycles. The molecule has 1 fully saturated rings. The summed E-state index contributed by atoms with van der Waals surface area (Å²) in [6.45, 7) is 1.46. The predicted molar refractivity (Wildman–Crippen MR) is 101 cm³/mol. The number of benzene rings is 1. The Bertz CT molecular complexity index is 828. The summed E-state index contributed by atoms with van der Waals surface area (Å²) in [6, 6.07) is 9.77. The van der Waals surface area contributed by atoms with Crippen LogP contribution in [-0.4, -0.2) is 34.2 Å². The molecule has 0 saturated heterocycles. The van der Waals surface area contributed by atoms with Crippen molar-refractivity contribution >= 4 is 11.8 Å². The van der Waals surface area contributed by atoms with E-state index in [0.29, 0.717) is 24.1 Å². The number of carbonyl (C=O) groups excluding carboxylic acids is 2. The lowest BCUT2D eigenvalue weighted by atomic mass is 9.93. The van der Waals surface area contributed by atoms with Gasteiger partial charge in [0.05, 0.1) is 17.5 Å². The molecule has 142 valence electrons. The normalized spacial score (nSPS) is 19.9. The summed E-state index contributed by atoms with van der Waals surface area (Å²) in [5.41, 5.74) is 7.83. The van der Waals surface area contributed by atoms with Crippen molar-refractivity contribution in [1.82, 2.24) is 20.4 Å². The Hall–Kier alpha value is -2.67. The molecular weight excluding hydrogens is 342 g/mol. The number of rotatable bonds is 7. The summed E-state index contributed by atoms with van der Waals surface area (Å²) in [5, 5.41) is 10.8. The standard InChI is InChI=1S/C20H25N5O2/c21-19(26)16-12-23-25-9-8-13(10-17(16)25)11-22-18(14-4-2-1-3-5-14)20(27)24-15-6-7-15/h1-5,12-13,15,18,22H,6-11H2,(H2,21,26)(H,24,27). The molecule has 1 aromatic carbocycles. The van der Waals surface area contributed by atoms with Crippen LogP contribution in [-0.2, 0) is 17.8 Å². The van der Waals surface area contributed by atoms with Gasteiger partial charge in [0.2, 0.25) is 5.91 Å². The first-order valence-corrected chi connectivity index (χ1v) is 9.55. The summed E-state index contributed by atoms with van der Waals surface area (Å²) < 4.78 is 1.87. The van der Waals surface area contributed by atoms with Gasteiger partial charge >= 0.3 is 0 Å². The number of hydrogen-bond donors (Lipinski definition) is 3. The summed E-state index contributed by atoms with van der Waals surface area (Å²) >= 11 is 0. The highest BCUT2D eigenvalue weighted by Gasteiger charge is 2.30. The van der Waals surface area contributed by atoms with Gasteiger partial charge in [0, 0.05) is 12.6 Å². The van der Waals surface area contributed by atoms with Gasteiger partial charge in [-0.2, -0.15) is 5.10 Å². The molecule has 4 N–H and O–H groups in total. The molecule has 1 saturated carbocycles. The van der Waals surface area contributed by atoms with Crippen LogP contribution in [0.25, 0.3) is 0 Å². The number of primary amides is 1. The molecule has 2 unspecified atom stereocenters. The first-order chi connectivity index (χ1) is 13.1. The number of nitrogens with one attached hydrogen (secondary N) is 2. The fraction of sp³-hybridized carbons (Fsp3) is 0.450. The largest absolute Gasteiger partial charge is 0.365 e. The maximum atomic E-state index is 12.7. The van der Waals surface area contributed by atoms with Crippen molar-refractivity contribution in [2.75, 3.05) is 6.54 Å². The lowest BCUT2D eigenvalue weighted by molar-refractivity contribution is -0.123. The van der Waals surface area contributed by atoms with E-state index in [1.807, 2.05) is 35.0 Å². The highest BCUT2D eigenvalue weighted by molar-refractivity contribution is 5.93. The summed E-state index contributed by atoms with van der Waals surface area (Å²) in [4.78, 5) is 24.3. The average Bonchev–Trinajstić information content (AvgIpc) is 3.38. The van der Waals surface area contributed by atoms with E-state index in [1.165, 1.54) is 0 Å². The Morgan fingerprint density at radius 1 is 1.22 bits per heavy atom. The number of aromatic nitrogens is 2. The van der Waals surface area contributed by atoms with Crippen LogP contribution >= 0.6 is 0 Å². The molecule has 0 spiro atoms. The molecule has 27 heavy (non-hydrogen) atoms. The van der Waals surface area contributed by atoms with E-state index < -0.39 is 5.91 Å². The smallest absolute Gasteiger partial charge is 0.252 e. The number of nitrogens with zero attached hydrogens (tertiary/aromatic N) is 2. The van der Waals surface area contributed by atoms with E-state index in [9.17, 15) is 9.59 Å². The van der Waals surface area contributed by atoms with Crippen molar-refractivity contribution < 1.29 is 9.59 Å². The molecule has 1 aliphatic heterocycles. The van der Waals surface area contributed by atoms with Crippen LogP contribution in [0.4, 0.5) is 0 Å². The third-order valence-corrected chi connectivity index (χ3v) is 5.37. The minimum absolute atomic E-state index is 0.0300. The number of fused-ring (bicyclic) bond motifs is 1. The van der Waals surface area contributed by atoms with Crippen LogP contribution in [0, 0.1) is 5.92 Å². The average molecular weight is 367 g/mol. The zero-order valence-electron chi connectivity index (χ0n) is 15.2. The minimum Gasteiger partial charge on any atom is -0.365 e. The molecule has 0 bridgehead atoms. The van der Waals surface area contributed by atoms with Gasteiger partial charge in [0.15, 0.2) is 0 Å². The Labute approximate surface area is 158 Å². The van der Waals surface area contributed by atoms with E-state index in [0.717, 1.165) is 43.5 Å². The second-order valence-corrected chi connectivity index (χ2v) is 7.49. The van der Waals surface area contributed by atoms with Crippen LogP contribution in [0.3, 0.4) is 0 Å². The fourth-order valence-electron chi connectivity index (χ4n) is 3.68. The number of hydrogen-bond acceptors (Lipinski definition) is 4. The Kier molecular flexibility index (Phi) is 4.94. The molecule has 7 nitrogen and oxygen atoms in total. The second-order valence-electron chi connectivity index (χ2n) is 7.49. The number of nitrogens with two attached hydrogens (primary N) is 1. The van der Waals surface area contributed by atoms with Gasteiger partial charge in [-0.1, -0.05) is 30.3 Å². The first kappa shape index (κ1) is 17.7. The maximum absolute atomic E-state index is 12.7. The van der Waals surface area contributed by atoms with Gasteiger partial charge in [0.25, 0.3) is 5.91 Å². The van der Waals surface area contributed by atoms with E-state index >= 15 is 0 Å². The Morgan fingerprint density at radius 2 is 2.00 bits per heavy atom. The van der Waals surface area contributed by atoms with E-state index in [-0.39, 0.29) is 11.9 Å². The SMILES string of the molecule is NC(=O)c1cnn2c1CC(CNC(C(=O)NC1CC1)c1ccccc1)CC2. The van der Waals surface area contributed by atoms with Gasteiger partial charge < -0.3 is 16.4 Å². The quantitative estimate of drug-likeness (QED) is 0.683. The van der Waals surface area contributed by atoms with Crippen LogP contribution in [0.1, 0.15) is 46.9 Å². The molecule has 2 heterocycles. The van der Waals surface area contributed by atoms with Gasteiger partial charge in [-0.25, -0.2) is 0 Å². The third-order valence-electron chi connectivity index (χ3n) is 5.37. The Morgan fingerprint density at radius 3 is 2.70 bits per heavy atom. The first-order valence-electron chi connectivity index (χ1n) is 9.55. The monoisotopic (exact) mass is 367 g/mol. The highest BCUT2D eigenvalue weighted by atomic mass is 16.2. The summed E-state index contributed by atoms with van der Waals surface area (Å²) in [5.74, 6) is -0.0783. The van der Waals surface area contributed by atoms with Gasteiger partial charge in [-0.15, -0.1) is 0 Å². The molecule has 2 atom stereocenters. The number of carbonyl (C=O) groups is 2. The zero-order valence-corrected chi connectivity index (χ0v) is 15.2. The van der Waals surface area contributed by atoms with Crippen LogP contribution in [0.15, 0.2) is 36.5 Å². The van der Waals surface area contributed by atoms with Gasteiger partial charge in [-0.05, 0) is 43.7 Å². The van der Waals surface area contributed by atoms with E-state index in [4.69, 9.17) is 5.73 Å². The van der Waals surface area contributed by atoms with E-state index in [2.05, 4.69) is 15.7 Å². The molecule has 7 heteroatoms. The molecule has 4 rings (SSSR count). The van der Waals surface area contributed by atoms with Gasteiger partial charge in [0.1, 0.15) is 6.04 Å². The molecule has 1 aromatic heterocycles. The molecule has 2 aromatic rings. The van der Waals surface area contributed by atoms with E-state index in [1.54, 1.807) is 6.20 Å². The van der Waals surface area contributed by atoms with Crippen molar-refractivity contribution in [3.63, 3.8) is 0 Å². The Balaban J connectivity index is 1.43. The summed E-state index contributed by atoms with van der Waals surface area (Å²) in [6.07, 6.45) is 5.37. The van der Waals surface area contributed by atoms with Crippen molar-refractivity contribution in [3.8, 4) is 0 Å². The zero-order chi connectivity index (χ0) is 18.8. The molecule has 2 aliphatic rings. The number of amides is 2. The van der Waals surface area contributed by atoms with Gasteiger partial charge in [-0.3, -0.25) is 14.3 Å². The predicted octanol–water partition coefficient (Wildman–Crippen LogP) is 1.15. The van der Waals surface area contributed by atoms with Crippen molar-refractivity contribution in [3.05, 3.63) is 53.3 Å². The van der Waals surface area contributed by atoms with Crippen molar-refractivity contribution in [2.24, 2.45) is 11.7 Å². The molecule has 2 amide bonds. The van der Waals surface area contributed by atoms with Crippen molar-refractivity contribution in [1.29, 1.82) is 0 Å². The highest BCUT2D eigenvalue weighted by Crippen LogP contribution is 2.24.